The summed E-state index contributed by atoms with van der Waals surface area (Å²) < 4.78 is 0. The third kappa shape index (κ3) is 8.13. The molecule has 2 rings (SSSR count). The lowest BCUT2D eigenvalue weighted by Gasteiger charge is -1.99. The van der Waals surface area contributed by atoms with Crippen LogP contribution in [0.15, 0.2) is 71.0 Å². The summed E-state index contributed by atoms with van der Waals surface area (Å²) in [5.74, 6) is 0. The van der Waals surface area contributed by atoms with Crippen molar-refractivity contribution in [2.45, 2.75) is 38.9 Å². The van der Waals surface area contributed by atoms with Gasteiger partial charge in [-0.25, -0.2) is 0 Å². The van der Waals surface area contributed by atoms with E-state index >= 15 is 0 Å². The van der Waals surface area contributed by atoms with E-state index in [2.05, 4.69) is 10.3 Å². The van der Waals surface area contributed by atoms with Crippen molar-refractivity contribution in [1.82, 2.24) is 0 Å². The fourth-order valence-corrected chi connectivity index (χ4v) is 2.05. The lowest BCUT2D eigenvalue weighted by atomic mass is 10.2. The highest BCUT2D eigenvalue weighted by Gasteiger charge is 1.90. The van der Waals surface area contributed by atoms with Crippen LogP contribution in [-0.2, 0) is 22.9 Å². The van der Waals surface area contributed by atoms with Gasteiger partial charge < -0.3 is 9.68 Å². The van der Waals surface area contributed by atoms with E-state index in [0.717, 1.165) is 36.8 Å². The molecular weight excluding hydrogens is 300 g/mol. The van der Waals surface area contributed by atoms with Crippen LogP contribution in [0.25, 0.3) is 0 Å². The van der Waals surface area contributed by atoms with Crippen molar-refractivity contribution in [2.75, 3.05) is 0 Å². The fraction of sp³-hybridized carbons (Fsp3) is 0.300. The Kier molecular flexibility index (Phi) is 8.78. The number of benzene rings is 2. The Morgan fingerprint density at radius 1 is 0.625 bits per heavy atom. The molecule has 0 saturated heterocycles. The van der Waals surface area contributed by atoms with Gasteiger partial charge in [0.05, 0.1) is 0 Å². The molecule has 0 spiro atoms. The number of hydrogen-bond acceptors (Lipinski definition) is 4. The van der Waals surface area contributed by atoms with Crippen LogP contribution in [0.3, 0.4) is 0 Å². The molecular formula is C20H24N2O2. The first-order valence-corrected chi connectivity index (χ1v) is 8.30. The van der Waals surface area contributed by atoms with Crippen LogP contribution in [0.5, 0.6) is 0 Å². The van der Waals surface area contributed by atoms with Gasteiger partial charge in [0, 0.05) is 12.4 Å². The first kappa shape index (κ1) is 17.7. The molecule has 4 heteroatoms. The molecule has 0 aliphatic rings. The molecule has 0 heterocycles. The zero-order valence-electron chi connectivity index (χ0n) is 13.9. The molecule has 0 bridgehead atoms. The Morgan fingerprint density at radius 2 is 1.04 bits per heavy atom. The van der Waals surface area contributed by atoms with E-state index in [9.17, 15) is 0 Å². The Labute approximate surface area is 143 Å². The second kappa shape index (κ2) is 11.9. The molecule has 0 aliphatic carbocycles. The number of hydrogen-bond donors (Lipinski definition) is 0. The van der Waals surface area contributed by atoms with Crippen LogP contribution < -0.4 is 0 Å². The van der Waals surface area contributed by atoms with Crippen molar-refractivity contribution in [1.29, 1.82) is 0 Å². The summed E-state index contributed by atoms with van der Waals surface area (Å²) in [5, 5.41) is 7.93. The van der Waals surface area contributed by atoms with Crippen molar-refractivity contribution in [3.05, 3.63) is 71.8 Å². The fourth-order valence-electron chi connectivity index (χ4n) is 2.05. The molecule has 126 valence electrons. The Morgan fingerprint density at radius 3 is 1.46 bits per heavy atom. The van der Waals surface area contributed by atoms with E-state index in [1.165, 1.54) is 0 Å². The molecule has 24 heavy (non-hydrogen) atoms. The molecule has 0 unspecified atom stereocenters. The van der Waals surface area contributed by atoms with Gasteiger partial charge in [0.25, 0.3) is 0 Å². The van der Waals surface area contributed by atoms with E-state index in [1.807, 2.05) is 73.1 Å². The third-order valence-electron chi connectivity index (χ3n) is 3.36. The summed E-state index contributed by atoms with van der Waals surface area (Å²) in [6, 6.07) is 20.0. The lowest BCUT2D eigenvalue weighted by Crippen LogP contribution is -1.88. The SMILES string of the molecule is C(CCCCC=NOCc1ccccc1)=NOCc1ccccc1. The zero-order valence-corrected chi connectivity index (χ0v) is 13.9. The van der Waals surface area contributed by atoms with Crippen LogP contribution in [0.4, 0.5) is 0 Å². The molecule has 0 fully saturated rings. The minimum Gasteiger partial charge on any atom is -0.391 e. The van der Waals surface area contributed by atoms with Gasteiger partial charge in [-0.1, -0.05) is 71.0 Å². The number of nitrogens with zero attached hydrogens (tertiary/aromatic N) is 2. The minimum absolute atomic E-state index is 0.517. The monoisotopic (exact) mass is 324 g/mol. The maximum atomic E-state index is 5.24. The highest BCUT2D eigenvalue weighted by Crippen LogP contribution is 2.02. The van der Waals surface area contributed by atoms with Gasteiger partial charge >= 0.3 is 0 Å². The Balaban J connectivity index is 1.42. The van der Waals surface area contributed by atoms with Crippen molar-refractivity contribution in [3.63, 3.8) is 0 Å². The maximum Gasteiger partial charge on any atom is 0.142 e. The van der Waals surface area contributed by atoms with Gasteiger partial charge in [0.2, 0.25) is 0 Å². The molecule has 2 aromatic carbocycles. The number of unbranched alkanes of at least 4 members (excludes halogenated alkanes) is 3. The van der Waals surface area contributed by atoms with Crippen molar-refractivity contribution in [3.8, 4) is 0 Å². The maximum absolute atomic E-state index is 5.24. The standard InChI is InChI=1S/C20H24N2O2/c1(9-15-21-23-17-19-11-5-3-6-12-19)2-10-16-22-24-18-20-13-7-4-8-14-20/h3-8,11-16H,1-2,9-10,17-18H2. The van der Waals surface area contributed by atoms with Gasteiger partial charge in [0.15, 0.2) is 0 Å². The molecule has 2 aromatic rings. The predicted molar refractivity (Wildman–Crippen MR) is 97.9 cm³/mol. The molecule has 0 radical (unpaired) electrons. The van der Waals surface area contributed by atoms with Crippen molar-refractivity contribution >= 4 is 12.4 Å². The summed E-state index contributed by atoms with van der Waals surface area (Å²) >= 11 is 0. The van der Waals surface area contributed by atoms with Gasteiger partial charge in [-0.05, 0) is 36.8 Å². The predicted octanol–water partition coefficient (Wildman–Crippen LogP) is 4.95. The Hall–Kier alpha value is -2.62. The first-order chi connectivity index (χ1) is 11.9. The summed E-state index contributed by atoms with van der Waals surface area (Å²) in [6.45, 7) is 1.03. The van der Waals surface area contributed by atoms with E-state index in [4.69, 9.17) is 9.68 Å². The average molecular weight is 324 g/mol. The summed E-state index contributed by atoms with van der Waals surface area (Å²) in [6.07, 6.45) is 7.59. The largest absolute Gasteiger partial charge is 0.391 e. The minimum atomic E-state index is 0.517. The number of oxime groups is 2. The lowest BCUT2D eigenvalue weighted by molar-refractivity contribution is 0.131. The Bertz CT molecular complexity index is 542. The average Bonchev–Trinajstić information content (AvgIpc) is 2.64. The van der Waals surface area contributed by atoms with Crippen molar-refractivity contribution in [2.24, 2.45) is 10.3 Å². The molecule has 0 amide bonds. The number of rotatable bonds is 11. The van der Waals surface area contributed by atoms with Crippen LogP contribution in [0.1, 0.15) is 36.8 Å². The highest BCUT2D eigenvalue weighted by molar-refractivity contribution is 5.57. The van der Waals surface area contributed by atoms with Crippen LogP contribution in [0, 0.1) is 0 Å². The highest BCUT2D eigenvalue weighted by atomic mass is 16.6. The molecule has 0 aromatic heterocycles. The van der Waals surface area contributed by atoms with Crippen LogP contribution in [0.2, 0.25) is 0 Å². The molecule has 4 nitrogen and oxygen atoms in total. The van der Waals surface area contributed by atoms with E-state index in [-0.39, 0.29) is 0 Å². The summed E-state index contributed by atoms with van der Waals surface area (Å²) in [4.78, 5) is 10.5. The van der Waals surface area contributed by atoms with Gasteiger partial charge in [-0.3, -0.25) is 0 Å². The van der Waals surface area contributed by atoms with E-state index in [1.54, 1.807) is 0 Å². The van der Waals surface area contributed by atoms with Crippen molar-refractivity contribution < 1.29 is 9.68 Å². The van der Waals surface area contributed by atoms with Gasteiger partial charge in [-0.2, -0.15) is 0 Å². The second-order valence-electron chi connectivity index (χ2n) is 5.38. The third-order valence-corrected chi connectivity index (χ3v) is 3.36. The van der Waals surface area contributed by atoms with Crippen LogP contribution in [-0.4, -0.2) is 12.4 Å². The zero-order chi connectivity index (χ0) is 16.7. The van der Waals surface area contributed by atoms with Gasteiger partial charge in [0.1, 0.15) is 13.2 Å². The summed E-state index contributed by atoms with van der Waals surface area (Å²) in [5.41, 5.74) is 2.25. The normalized spacial score (nSPS) is 11.2. The molecule has 0 N–H and O–H groups in total. The van der Waals surface area contributed by atoms with E-state index in [0.29, 0.717) is 13.2 Å². The van der Waals surface area contributed by atoms with Crippen LogP contribution >= 0.6 is 0 Å². The first-order valence-electron chi connectivity index (χ1n) is 8.30. The topological polar surface area (TPSA) is 43.2 Å². The molecule has 0 saturated carbocycles. The smallest absolute Gasteiger partial charge is 0.142 e. The van der Waals surface area contributed by atoms with E-state index < -0.39 is 0 Å². The second-order valence-corrected chi connectivity index (χ2v) is 5.38. The van der Waals surface area contributed by atoms with Gasteiger partial charge in [-0.15, -0.1) is 0 Å². The molecule has 0 atom stereocenters. The summed E-state index contributed by atoms with van der Waals surface area (Å²) in [7, 11) is 0. The quantitative estimate of drug-likeness (QED) is 0.333. The molecule has 0 aliphatic heterocycles.